The van der Waals surface area contributed by atoms with Crippen LogP contribution in [-0.2, 0) is 11.3 Å². The molecule has 0 radical (unpaired) electrons. The van der Waals surface area contributed by atoms with Crippen molar-refractivity contribution < 1.29 is 4.74 Å². The normalized spacial score (nSPS) is 10.9. The van der Waals surface area contributed by atoms with E-state index in [1.807, 2.05) is 19.1 Å². The third-order valence-corrected chi connectivity index (χ3v) is 2.71. The smallest absolute Gasteiger partial charge is 0.0713 e. The zero-order valence-electron chi connectivity index (χ0n) is 8.75. The van der Waals surface area contributed by atoms with Gasteiger partial charge in [0.2, 0.25) is 0 Å². The lowest BCUT2D eigenvalue weighted by Crippen LogP contribution is -1.90. The number of nitrogens with zero attached hydrogens (tertiary/aromatic N) is 1. The summed E-state index contributed by atoms with van der Waals surface area (Å²) in [4.78, 5) is 4.24. The molecule has 2 rings (SSSR count). The van der Waals surface area contributed by atoms with E-state index in [0.29, 0.717) is 11.6 Å². The molecule has 0 aliphatic heterocycles. The van der Waals surface area contributed by atoms with Gasteiger partial charge in [0, 0.05) is 29.8 Å². The fraction of sp³-hybridized carbons (Fsp3) is 0.250. The summed E-state index contributed by atoms with van der Waals surface area (Å²) in [5.41, 5.74) is 2.13. The topological polar surface area (TPSA) is 22.1 Å². The average Bonchev–Trinajstić information content (AvgIpc) is 2.24. The van der Waals surface area contributed by atoms with Gasteiger partial charge in [-0.25, -0.2) is 0 Å². The van der Waals surface area contributed by atoms with Gasteiger partial charge in [0.1, 0.15) is 0 Å². The second-order valence-electron chi connectivity index (χ2n) is 3.50. The lowest BCUT2D eigenvalue weighted by atomic mass is 10.1. The molecule has 0 N–H and O–H groups in total. The Hall–Kier alpha value is -1.12. The third-order valence-electron chi connectivity index (χ3n) is 2.41. The molecule has 0 amide bonds. The number of hydrogen-bond acceptors (Lipinski definition) is 2. The van der Waals surface area contributed by atoms with Crippen molar-refractivity contribution in [2.24, 2.45) is 0 Å². The van der Waals surface area contributed by atoms with E-state index in [-0.39, 0.29) is 0 Å². The summed E-state index contributed by atoms with van der Waals surface area (Å²) in [5.74, 6) is 0. The molecule has 2 nitrogen and oxygen atoms in total. The number of aromatic nitrogens is 1. The standard InChI is InChI=1S/C12H12ClNO/c1-8-11-5-9(7-15-2)3-4-10(11)12(13)6-14-8/h3-6H,7H2,1-2H3. The summed E-state index contributed by atoms with van der Waals surface area (Å²) in [6, 6.07) is 6.12. The molecule has 15 heavy (non-hydrogen) atoms. The number of benzene rings is 1. The highest BCUT2D eigenvalue weighted by molar-refractivity contribution is 6.35. The van der Waals surface area contributed by atoms with Gasteiger partial charge in [-0.2, -0.15) is 0 Å². The van der Waals surface area contributed by atoms with Crippen molar-refractivity contribution in [2.45, 2.75) is 13.5 Å². The maximum atomic E-state index is 6.06. The molecule has 0 saturated carbocycles. The largest absolute Gasteiger partial charge is 0.380 e. The number of pyridine rings is 1. The van der Waals surface area contributed by atoms with E-state index < -0.39 is 0 Å². The van der Waals surface area contributed by atoms with E-state index in [1.165, 1.54) is 0 Å². The predicted molar refractivity (Wildman–Crippen MR) is 62.2 cm³/mol. The Kier molecular flexibility index (Phi) is 2.89. The zero-order chi connectivity index (χ0) is 10.8. The molecule has 1 aromatic carbocycles. The molecule has 3 heteroatoms. The van der Waals surface area contributed by atoms with Crippen molar-refractivity contribution in [3.8, 4) is 0 Å². The van der Waals surface area contributed by atoms with Crippen LogP contribution in [0.1, 0.15) is 11.3 Å². The molecule has 1 aromatic heterocycles. The first-order valence-electron chi connectivity index (χ1n) is 4.75. The Morgan fingerprint density at radius 3 is 2.87 bits per heavy atom. The Morgan fingerprint density at radius 1 is 1.33 bits per heavy atom. The van der Waals surface area contributed by atoms with Gasteiger partial charge in [0.05, 0.1) is 11.6 Å². The van der Waals surface area contributed by atoms with Crippen molar-refractivity contribution >= 4 is 22.4 Å². The van der Waals surface area contributed by atoms with Crippen LogP contribution >= 0.6 is 11.6 Å². The van der Waals surface area contributed by atoms with Gasteiger partial charge in [-0.1, -0.05) is 23.7 Å². The molecule has 0 fully saturated rings. The van der Waals surface area contributed by atoms with Crippen molar-refractivity contribution in [1.82, 2.24) is 4.98 Å². The molecule has 0 atom stereocenters. The van der Waals surface area contributed by atoms with Crippen molar-refractivity contribution in [3.05, 3.63) is 40.7 Å². The molecule has 2 aromatic rings. The summed E-state index contributed by atoms with van der Waals surface area (Å²) >= 11 is 6.06. The molecular weight excluding hydrogens is 210 g/mol. The second kappa shape index (κ2) is 4.17. The van der Waals surface area contributed by atoms with Gasteiger partial charge in [0.15, 0.2) is 0 Å². The summed E-state index contributed by atoms with van der Waals surface area (Å²) in [5, 5.41) is 2.83. The summed E-state index contributed by atoms with van der Waals surface area (Å²) in [7, 11) is 1.69. The van der Waals surface area contributed by atoms with Crippen LogP contribution in [-0.4, -0.2) is 12.1 Å². The fourth-order valence-corrected chi connectivity index (χ4v) is 1.86. The molecule has 0 bridgehead atoms. The number of rotatable bonds is 2. The van der Waals surface area contributed by atoms with Crippen molar-refractivity contribution in [3.63, 3.8) is 0 Å². The Balaban J connectivity index is 2.65. The summed E-state index contributed by atoms with van der Waals surface area (Å²) < 4.78 is 5.09. The van der Waals surface area contributed by atoms with E-state index in [1.54, 1.807) is 13.3 Å². The molecule has 1 heterocycles. The zero-order valence-corrected chi connectivity index (χ0v) is 9.51. The molecule has 0 saturated heterocycles. The molecule has 78 valence electrons. The summed E-state index contributed by atoms with van der Waals surface area (Å²) in [6.45, 7) is 2.59. The first-order valence-corrected chi connectivity index (χ1v) is 5.13. The predicted octanol–water partition coefficient (Wildman–Crippen LogP) is 3.34. The van der Waals surface area contributed by atoms with Gasteiger partial charge in [-0.05, 0) is 18.6 Å². The van der Waals surface area contributed by atoms with E-state index in [9.17, 15) is 0 Å². The van der Waals surface area contributed by atoms with Crippen LogP contribution < -0.4 is 0 Å². The van der Waals surface area contributed by atoms with Gasteiger partial charge >= 0.3 is 0 Å². The van der Waals surface area contributed by atoms with Gasteiger partial charge in [0.25, 0.3) is 0 Å². The fourth-order valence-electron chi connectivity index (χ4n) is 1.65. The lowest BCUT2D eigenvalue weighted by Gasteiger charge is -2.06. The molecule has 0 unspecified atom stereocenters. The minimum Gasteiger partial charge on any atom is -0.380 e. The van der Waals surface area contributed by atoms with Crippen LogP contribution in [0.4, 0.5) is 0 Å². The number of aryl methyl sites for hydroxylation is 1. The Bertz CT molecular complexity index is 496. The number of fused-ring (bicyclic) bond motifs is 1. The number of halogens is 1. The van der Waals surface area contributed by atoms with Gasteiger partial charge in [-0.3, -0.25) is 4.98 Å². The van der Waals surface area contributed by atoms with Crippen LogP contribution in [0.2, 0.25) is 5.02 Å². The minimum atomic E-state index is 0.613. The van der Waals surface area contributed by atoms with Gasteiger partial charge in [-0.15, -0.1) is 0 Å². The minimum absolute atomic E-state index is 0.613. The van der Waals surface area contributed by atoms with Crippen molar-refractivity contribution in [1.29, 1.82) is 0 Å². The van der Waals surface area contributed by atoms with Gasteiger partial charge < -0.3 is 4.74 Å². The van der Waals surface area contributed by atoms with Crippen LogP contribution in [0.5, 0.6) is 0 Å². The SMILES string of the molecule is COCc1ccc2c(Cl)cnc(C)c2c1. The van der Waals surface area contributed by atoms with Crippen LogP contribution in [0.3, 0.4) is 0 Å². The molecule has 0 aliphatic carbocycles. The highest BCUT2D eigenvalue weighted by Crippen LogP contribution is 2.25. The maximum Gasteiger partial charge on any atom is 0.0713 e. The van der Waals surface area contributed by atoms with E-state index in [0.717, 1.165) is 22.0 Å². The summed E-state index contributed by atoms with van der Waals surface area (Å²) in [6.07, 6.45) is 1.69. The first-order chi connectivity index (χ1) is 7.22. The lowest BCUT2D eigenvalue weighted by molar-refractivity contribution is 0.185. The highest BCUT2D eigenvalue weighted by atomic mass is 35.5. The maximum absolute atomic E-state index is 6.06. The van der Waals surface area contributed by atoms with Crippen LogP contribution in [0.25, 0.3) is 10.8 Å². The van der Waals surface area contributed by atoms with E-state index >= 15 is 0 Å². The highest BCUT2D eigenvalue weighted by Gasteiger charge is 2.03. The number of hydrogen-bond donors (Lipinski definition) is 0. The molecule has 0 spiro atoms. The first kappa shape index (κ1) is 10.4. The van der Waals surface area contributed by atoms with E-state index in [4.69, 9.17) is 16.3 Å². The Morgan fingerprint density at radius 2 is 2.13 bits per heavy atom. The Labute approximate surface area is 93.8 Å². The molecule has 0 aliphatic rings. The van der Waals surface area contributed by atoms with Crippen LogP contribution in [0.15, 0.2) is 24.4 Å². The second-order valence-corrected chi connectivity index (χ2v) is 3.91. The number of ether oxygens (including phenoxy) is 1. The molecular formula is C12H12ClNO. The van der Waals surface area contributed by atoms with Crippen molar-refractivity contribution in [2.75, 3.05) is 7.11 Å². The quantitative estimate of drug-likeness (QED) is 0.776. The monoisotopic (exact) mass is 221 g/mol. The van der Waals surface area contributed by atoms with Crippen LogP contribution in [0, 0.1) is 6.92 Å². The number of methoxy groups -OCH3 is 1. The average molecular weight is 222 g/mol. The van der Waals surface area contributed by atoms with E-state index in [2.05, 4.69) is 11.1 Å². The third kappa shape index (κ3) is 1.96.